The lowest BCUT2D eigenvalue weighted by Gasteiger charge is -2.34. The van der Waals surface area contributed by atoms with Crippen molar-refractivity contribution in [2.24, 2.45) is 0 Å². The number of nitrogens with zero attached hydrogens (tertiary/aromatic N) is 4. The summed E-state index contributed by atoms with van der Waals surface area (Å²) in [7, 11) is 0. The molecule has 1 fully saturated rings. The van der Waals surface area contributed by atoms with E-state index in [0.29, 0.717) is 47.7 Å². The lowest BCUT2D eigenvalue weighted by molar-refractivity contribution is 0.0162. The standard InChI is InChI=1S/C23H25Cl2N5O2/c1-2-20-27-22(28-30(20)21-17(24)9-6-10-18(21)25)23(31)26-15-19(16-7-4-3-5-8-16)29-11-13-32-14-12-29/h3-10,19H,2,11-15H2,1H3,(H,26,31). The number of carbonyl (C=O) groups is 1. The molecular weight excluding hydrogens is 449 g/mol. The van der Waals surface area contributed by atoms with Gasteiger partial charge in [0.05, 0.1) is 29.3 Å². The summed E-state index contributed by atoms with van der Waals surface area (Å²) >= 11 is 12.7. The maximum atomic E-state index is 13.0. The summed E-state index contributed by atoms with van der Waals surface area (Å²) in [5.41, 5.74) is 1.67. The maximum absolute atomic E-state index is 13.0. The molecule has 0 spiro atoms. The van der Waals surface area contributed by atoms with Crippen molar-refractivity contribution in [3.63, 3.8) is 0 Å². The van der Waals surface area contributed by atoms with E-state index in [2.05, 4.69) is 32.4 Å². The first kappa shape index (κ1) is 22.7. The number of morpholine rings is 1. The molecule has 168 valence electrons. The van der Waals surface area contributed by atoms with Crippen molar-refractivity contribution in [2.45, 2.75) is 19.4 Å². The van der Waals surface area contributed by atoms with Gasteiger partial charge in [-0.2, -0.15) is 0 Å². The molecule has 0 saturated carbocycles. The van der Waals surface area contributed by atoms with Gasteiger partial charge in [-0.1, -0.05) is 66.5 Å². The number of rotatable bonds is 7. The Morgan fingerprint density at radius 1 is 1.09 bits per heavy atom. The van der Waals surface area contributed by atoms with Gasteiger partial charge in [0.2, 0.25) is 5.82 Å². The summed E-state index contributed by atoms with van der Waals surface area (Å²) in [6.07, 6.45) is 0.572. The number of nitrogens with one attached hydrogen (secondary N) is 1. The second kappa shape index (κ2) is 10.4. The van der Waals surface area contributed by atoms with Gasteiger partial charge in [-0.25, -0.2) is 9.67 Å². The van der Waals surface area contributed by atoms with Crippen LogP contribution in [0, 0.1) is 0 Å². The van der Waals surface area contributed by atoms with Crippen molar-refractivity contribution in [2.75, 3.05) is 32.8 Å². The molecule has 1 aliphatic rings. The molecule has 1 atom stereocenters. The minimum absolute atomic E-state index is 0.0368. The smallest absolute Gasteiger partial charge is 0.291 e. The Morgan fingerprint density at radius 2 is 1.78 bits per heavy atom. The van der Waals surface area contributed by atoms with Crippen LogP contribution >= 0.6 is 23.2 Å². The summed E-state index contributed by atoms with van der Waals surface area (Å²) in [6.45, 7) is 5.37. The van der Waals surface area contributed by atoms with E-state index in [9.17, 15) is 4.79 Å². The van der Waals surface area contributed by atoms with E-state index in [4.69, 9.17) is 27.9 Å². The third-order valence-corrected chi connectivity index (χ3v) is 6.08. The fraction of sp³-hybridized carbons (Fsp3) is 0.348. The van der Waals surface area contributed by atoms with Gasteiger partial charge in [-0.05, 0) is 17.7 Å². The van der Waals surface area contributed by atoms with Crippen LogP contribution in [0.1, 0.15) is 35.0 Å². The quantitative estimate of drug-likeness (QED) is 0.562. The van der Waals surface area contributed by atoms with Crippen LogP contribution in [0.5, 0.6) is 0 Å². The number of hydrogen-bond donors (Lipinski definition) is 1. The first-order valence-electron chi connectivity index (χ1n) is 10.6. The van der Waals surface area contributed by atoms with Gasteiger partial charge in [0.1, 0.15) is 11.5 Å². The minimum atomic E-state index is -0.337. The van der Waals surface area contributed by atoms with E-state index in [-0.39, 0.29) is 17.8 Å². The molecule has 1 N–H and O–H groups in total. The Bertz CT molecular complexity index is 1050. The Hall–Kier alpha value is -2.45. The Morgan fingerprint density at radius 3 is 2.44 bits per heavy atom. The van der Waals surface area contributed by atoms with Gasteiger partial charge in [0.15, 0.2) is 0 Å². The third-order valence-electron chi connectivity index (χ3n) is 5.47. The zero-order valence-electron chi connectivity index (χ0n) is 17.8. The molecule has 7 nitrogen and oxygen atoms in total. The van der Waals surface area contributed by atoms with Crippen molar-refractivity contribution in [3.05, 3.63) is 75.8 Å². The molecule has 2 heterocycles. The highest BCUT2D eigenvalue weighted by molar-refractivity contribution is 6.37. The second-order valence-electron chi connectivity index (χ2n) is 7.47. The number of halogens is 2. The summed E-state index contributed by atoms with van der Waals surface area (Å²) in [4.78, 5) is 19.8. The highest BCUT2D eigenvalue weighted by Crippen LogP contribution is 2.29. The van der Waals surface area contributed by atoms with E-state index in [0.717, 1.165) is 18.7 Å². The number of aryl methyl sites for hydroxylation is 1. The first-order valence-corrected chi connectivity index (χ1v) is 11.4. The van der Waals surface area contributed by atoms with Crippen LogP contribution in [-0.4, -0.2) is 58.4 Å². The van der Waals surface area contributed by atoms with Crippen molar-refractivity contribution >= 4 is 29.1 Å². The monoisotopic (exact) mass is 473 g/mol. The predicted molar refractivity (Wildman–Crippen MR) is 125 cm³/mol. The first-order chi connectivity index (χ1) is 15.6. The van der Waals surface area contributed by atoms with E-state index in [1.807, 2.05) is 25.1 Å². The number of benzene rings is 2. The summed E-state index contributed by atoms with van der Waals surface area (Å²) < 4.78 is 7.05. The lowest BCUT2D eigenvalue weighted by atomic mass is 10.0. The van der Waals surface area contributed by atoms with Crippen LogP contribution in [0.3, 0.4) is 0 Å². The van der Waals surface area contributed by atoms with Crippen LogP contribution in [0.2, 0.25) is 10.0 Å². The fourth-order valence-corrected chi connectivity index (χ4v) is 4.39. The van der Waals surface area contributed by atoms with E-state index < -0.39 is 0 Å². The van der Waals surface area contributed by atoms with E-state index >= 15 is 0 Å². The molecule has 1 saturated heterocycles. The van der Waals surface area contributed by atoms with Gasteiger partial charge in [0, 0.05) is 26.1 Å². The van der Waals surface area contributed by atoms with Gasteiger partial charge in [-0.3, -0.25) is 9.69 Å². The molecule has 1 aromatic heterocycles. The average molecular weight is 474 g/mol. The molecule has 1 aliphatic heterocycles. The molecule has 0 bridgehead atoms. The highest BCUT2D eigenvalue weighted by atomic mass is 35.5. The number of para-hydroxylation sites is 1. The average Bonchev–Trinajstić information content (AvgIpc) is 3.24. The van der Waals surface area contributed by atoms with Gasteiger partial charge in [-0.15, -0.1) is 5.10 Å². The molecular formula is C23H25Cl2N5O2. The molecule has 1 amide bonds. The summed E-state index contributed by atoms with van der Waals surface area (Å²) in [5, 5.41) is 8.33. The second-order valence-corrected chi connectivity index (χ2v) is 8.29. The number of aromatic nitrogens is 3. The van der Waals surface area contributed by atoms with Crippen molar-refractivity contribution in [3.8, 4) is 5.69 Å². The molecule has 1 unspecified atom stereocenters. The molecule has 2 aromatic carbocycles. The topological polar surface area (TPSA) is 72.3 Å². The zero-order valence-corrected chi connectivity index (χ0v) is 19.3. The lowest BCUT2D eigenvalue weighted by Crippen LogP contribution is -2.44. The number of ether oxygens (including phenoxy) is 1. The van der Waals surface area contributed by atoms with Crippen molar-refractivity contribution < 1.29 is 9.53 Å². The van der Waals surface area contributed by atoms with Crippen LogP contribution in [0.25, 0.3) is 5.69 Å². The Kier molecular flexibility index (Phi) is 7.42. The van der Waals surface area contributed by atoms with Crippen LogP contribution < -0.4 is 5.32 Å². The summed E-state index contributed by atoms with van der Waals surface area (Å²) in [5.74, 6) is 0.361. The fourth-order valence-electron chi connectivity index (χ4n) is 3.83. The van der Waals surface area contributed by atoms with Gasteiger partial charge >= 0.3 is 0 Å². The number of amides is 1. The third kappa shape index (κ3) is 4.96. The molecule has 0 radical (unpaired) electrons. The van der Waals surface area contributed by atoms with Crippen LogP contribution in [-0.2, 0) is 11.2 Å². The number of hydrogen-bond acceptors (Lipinski definition) is 5. The molecule has 3 aromatic rings. The van der Waals surface area contributed by atoms with Gasteiger partial charge in [0.25, 0.3) is 5.91 Å². The van der Waals surface area contributed by atoms with Gasteiger partial charge < -0.3 is 10.1 Å². The molecule has 0 aliphatic carbocycles. The summed E-state index contributed by atoms with van der Waals surface area (Å²) in [6, 6.07) is 15.4. The Labute approximate surface area is 197 Å². The van der Waals surface area contributed by atoms with Crippen molar-refractivity contribution in [1.29, 1.82) is 0 Å². The van der Waals surface area contributed by atoms with Crippen LogP contribution in [0.4, 0.5) is 0 Å². The number of carbonyl (C=O) groups excluding carboxylic acids is 1. The molecule has 32 heavy (non-hydrogen) atoms. The SMILES string of the molecule is CCc1nc(C(=O)NCC(c2ccccc2)N2CCOCC2)nn1-c1c(Cl)cccc1Cl. The van der Waals surface area contributed by atoms with Crippen LogP contribution in [0.15, 0.2) is 48.5 Å². The molecule has 9 heteroatoms. The van der Waals surface area contributed by atoms with E-state index in [1.54, 1.807) is 22.9 Å². The minimum Gasteiger partial charge on any atom is -0.379 e. The van der Waals surface area contributed by atoms with Crippen molar-refractivity contribution in [1.82, 2.24) is 25.0 Å². The predicted octanol–water partition coefficient (Wildman–Crippen LogP) is 3.94. The van der Waals surface area contributed by atoms with E-state index in [1.165, 1.54) is 0 Å². The molecule has 4 rings (SSSR count). The largest absolute Gasteiger partial charge is 0.379 e. The normalized spacial score (nSPS) is 15.5. The maximum Gasteiger partial charge on any atom is 0.291 e. The zero-order chi connectivity index (χ0) is 22.5. The highest BCUT2D eigenvalue weighted by Gasteiger charge is 2.25. The Balaban J connectivity index is 1.55.